The van der Waals surface area contributed by atoms with E-state index >= 15 is 0 Å². The van der Waals surface area contributed by atoms with E-state index in [0.717, 1.165) is 12.8 Å². The molecule has 0 amide bonds. The van der Waals surface area contributed by atoms with Crippen LogP contribution < -0.4 is 0 Å². The van der Waals surface area contributed by atoms with Crippen LogP contribution >= 0.6 is 0 Å². The number of carboxylic acids is 1. The summed E-state index contributed by atoms with van der Waals surface area (Å²) in [5.74, 6) is -1.13. The van der Waals surface area contributed by atoms with E-state index in [4.69, 9.17) is 20.4 Å². The standard InChI is InChI=1S/C19H38O3.C3H8O3/c1-3-4-5-6-7-8-9-10-11-12-13-14-15-18(19(21)22)16-17(2)20;4-1-3(6)2-5/h17-18,20H,3-16H2,1-2H3,(H,21,22);3-6H,1-2H2. The highest BCUT2D eigenvalue weighted by molar-refractivity contribution is 5.69. The summed E-state index contributed by atoms with van der Waals surface area (Å²) in [6.45, 7) is 3.19. The van der Waals surface area contributed by atoms with Crippen LogP contribution in [0.4, 0.5) is 0 Å². The van der Waals surface area contributed by atoms with Gasteiger partial charge in [-0.15, -0.1) is 0 Å². The molecule has 0 aliphatic carbocycles. The third kappa shape index (κ3) is 23.3. The number of aliphatic carboxylic acids is 1. The minimum Gasteiger partial charge on any atom is -0.481 e. The number of rotatable bonds is 18. The van der Waals surface area contributed by atoms with Crippen molar-refractivity contribution < 1.29 is 30.3 Å². The van der Waals surface area contributed by atoms with E-state index < -0.39 is 18.2 Å². The number of hydrogen-bond donors (Lipinski definition) is 5. The monoisotopic (exact) mass is 406 g/mol. The second-order valence-electron chi connectivity index (χ2n) is 7.82. The Morgan fingerprint density at radius 2 is 1.14 bits per heavy atom. The molecule has 0 rings (SSSR count). The van der Waals surface area contributed by atoms with Crippen LogP contribution in [0.3, 0.4) is 0 Å². The number of carbonyl (C=O) groups is 1. The Labute approximate surface area is 172 Å². The molecule has 28 heavy (non-hydrogen) atoms. The third-order valence-electron chi connectivity index (χ3n) is 4.80. The van der Waals surface area contributed by atoms with Gasteiger partial charge in [-0.3, -0.25) is 4.79 Å². The normalized spacial score (nSPS) is 13.1. The molecular formula is C22H46O6. The zero-order valence-corrected chi connectivity index (χ0v) is 18.2. The Morgan fingerprint density at radius 3 is 1.43 bits per heavy atom. The van der Waals surface area contributed by atoms with Crippen LogP contribution in [0.5, 0.6) is 0 Å². The molecule has 0 heterocycles. The van der Waals surface area contributed by atoms with Gasteiger partial charge in [-0.05, 0) is 19.8 Å². The Hall–Kier alpha value is -0.690. The lowest BCUT2D eigenvalue weighted by Crippen LogP contribution is -2.19. The lowest BCUT2D eigenvalue weighted by atomic mass is 9.95. The van der Waals surface area contributed by atoms with Crippen LogP contribution in [0.2, 0.25) is 0 Å². The molecular weight excluding hydrogens is 360 g/mol. The van der Waals surface area contributed by atoms with Gasteiger partial charge in [0.25, 0.3) is 0 Å². The SMILES string of the molecule is CCCCCCCCCCCCCCC(CC(C)O)C(=O)O.OCC(O)CO. The van der Waals surface area contributed by atoms with Crippen LogP contribution in [0.15, 0.2) is 0 Å². The highest BCUT2D eigenvalue weighted by Gasteiger charge is 2.18. The van der Waals surface area contributed by atoms with Crippen LogP contribution in [0.25, 0.3) is 0 Å². The van der Waals surface area contributed by atoms with E-state index in [9.17, 15) is 9.90 Å². The molecule has 6 heteroatoms. The molecule has 0 bridgehead atoms. The van der Waals surface area contributed by atoms with Crippen LogP contribution in [-0.4, -0.2) is 56.9 Å². The number of aliphatic hydroxyl groups is 4. The fourth-order valence-electron chi connectivity index (χ4n) is 3.04. The summed E-state index contributed by atoms with van der Waals surface area (Å²) in [5.41, 5.74) is 0. The first-order chi connectivity index (χ1) is 13.4. The third-order valence-corrected chi connectivity index (χ3v) is 4.80. The highest BCUT2D eigenvalue weighted by atomic mass is 16.4. The Kier molecular flexibility index (Phi) is 23.8. The van der Waals surface area contributed by atoms with E-state index in [0.29, 0.717) is 12.8 Å². The van der Waals surface area contributed by atoms with Gasteiger partial charge in [-0.25, -0.2) is 0 Å². The molecule has 0 aromatic heterocycles. The van der Waals surface area contributed by atoms with Crippen LogP contribution in [0.1, 0.15) is 104 Å². The van der Waals surface area contributed by atoms with Crippen molar-refractivity contribution >= 4 is 5.97 Å². The highest BCUT2D eigenvalue weighted by Crippen LogP contribution is 2.18. The van der Waals surface area contributed by atoms with Crippen molar-refractivity contribution in [1.29, 1.82) is 0 Å². The molecule has 5 N–H and O–H groups in total. The predicted octanol–water partition coefficient (Wildman–Crippen LogP) is 3.88. The van der Waals surface area contributed by atoms with Gasteiger partial charge in [-0.1, -0.05) is 84.0 Å². The lowest BCUT2D eigenvalue weighted by molar-refractivity contribution is -0.143. The van der Waals surface area contributed by atoms with Gasteiger partial charge in [0.1, 0.15) is 6.10 Å². The largest absolute Gasteiger partial charge is 0.481 e. The Balaban J connectivity index is 0. The maximum Gasteiger partial charge on any atom is 0.306 e. The van der Waals surface area contributed by atoms with Crippen LogP contribution in [0, 0.1) is 5.92 Å². The number of unbranched alkanes of at least 4 members (excludes halogenated alkanes) is 11. The van der Waals surface area contributed by atoms with Gasteiger partial charge >= 0.3 is 5.97 Å². The topological polar surface area (TPSA) is 118 Å². The van der Waals surface area contributed by atoms with E-state index in [1.165, 1.54) is 64.2 Å². The number of aliphatic hydroxyl groups excluding tert-OH is 4. The lowest BCUT2D eigenvalue weighted by Gasteiger charge is -2.13. The summed E-state index contributed by atoms with van der Waals surface area (Å²) in [6.07, 6.45) is 15.2. The molecule has 0 fully saturated rings. The summed E-state index contributed by atoms with van der Waals surface area (Å²) in [6, 6.07) is 0. The smallest absolute Gasteiger partial charge is 0.306 e. The van der Waals surface area contributed by atoms with Gasteiger partial charge in [0.05, 0.1) is 25.2 Å². The molecule has 0 saturated heterocycles. The van der Waals surface area contributed by atoms with Crippen molar-refractivity contribution in [1.82, 2.24) is 0 Å². The first-order valence-electron chi connectivity index (χ1n) is 11.2. The molecule has 2 atom stereocenters. The average molecular weight is 407 g/mol. The van der Waals surface area contributed by atoms with E-state index in [2.05, 4.69) is 6.92 Å². The minimum atomic E-state index is -0.954. The molecule has 0 aliphatic heterocycles. The molecule has 0 spiro atoms. The van der Waals surface area contributed by atoms with Crippen molar-refractivity contribution in [2.45, 2.75) is 116 Å². The molecule has 2 unspecified atom stereocenters. The van der Waals surface area contributed by atoms with Gasteiger partial charge in [0.2, 0.25) is 0 Å². The maximum atomic E-state index is 11.1. The zero-order valence-electron chi connectivity index (χ0n) is 18.2. The summed E-state index contributed by atoms with van der Waals surface area (Å²) in [4.78, 5) is 11.1. The Morgan fingerprint density at radius 1 is 0.750 bits per heavy atom. The van der Waals surface area contributed by atoms with Crippen LogP contribution in [-0.2, 0) is 4.79 Å². The fraction of sp³-hybridized carbons (Fsp3) is 0.955. The van der Waals surface area contributed by atoms with E-state index in [-0.39, 0.29) is 19.1 Å². The first kappa shape index (κ1) is 29.5. The molecule has 0 radical (unpaired) electrons. The average Bonchev–Trinajstić information content (AvgIpc) is 2.67. The molecule has 170 valence electrons. The van der Waals surface area contributed by atoms with Gasteiger partial charge in [-0.2, -0.15) is 0 Å². The fourth-order valence-corrected chi connectivity index (χ4v) is 3.04. The van der Waals surface area contributed by atoms with Gasteiger partial charge in [0, 0.05) is 0 Å². The first-order valence-corrected chi connectivity index (χ1v) is 11.2. The van der Waals surface area contributed by atoms with Crippen molar-refractivity contribution in [2.75, 3.05) is 13.2 Å². The summed E-state index contributed by atoms with van der Waals surface area (Å²) in [7, 11) is 0. The summed E-state index contributed by atoms with van der Waals surface area (Å²) >= 11 is 0. The van der Waals surface area contributed by atoms with Crippen molar-refractivity contribution in [3.8, 4) is 0 Å². The maximum absolute atomic E-state index is 11.1. The Bertz CT molecular complexity index is 318. The minimum absolute atomic E-state index is 0.365. The predicted molar refractivity (Wildman–Crippen MR) is 113 cm³/mol. The molecule has 0 aliphatic rings. The number of carboxylic acid groups (broad SMARTS) is 1. The second-order valence-corrected chi connectivity index (χ2v) is 7.82. The van der Waals surface area contributed by atoms with Gasteiger partial charge < -0.3 is 25.5 Å². The molecule has 0 aromatic carbocycles. The second kappa shape index (κ2) is 22.6. The summed E-state index contributed by atoms with van der Waals surface area (Å²) in [5, 5.41) is 42.4. The summed E-state index contributed by atoms with van der Waals surface area (Å²) < 4.78 is 0. The van der Waals surface area contributed by atoms with Gasteiger partial charge in [0.15, 0.2) is 0 Å². The molecule has 0 saturated carbocycles. The van der Waals surface area contributed by atoms with E-state index in [1.807, 2.05) is 0 Å². The quantitative estimate of drug-likeness (QED) is 0.220. The number of hydrogen-bond acceptors (Lipinski definition) is 5. The van der Waals surface area contributed by atoms with Crippen molar-refractivity contribution in [3.63, 3.8) is 0 Å². The van der Waals surface area contributed by atoms with E-state index in [1.54, 1.807) is 6.92 Å². The van der Waals surface area contributed by atoms with Crippen molar-refractivity contribution in [3.05, 3.63) is 0 Å². The zero-order chi connectivity index (χ0) is 21.6. The molecule has 6 nitrogen and oxygen atoms in total. The van der Waals surface area contributed by atoms with Crippen molar-refractivity contribution in [2.24, 2.45) is 5.92 Å². The molecule has 0 aromatic rings.